The zero-order chi connectivity index (χ0) is 20.3. The van der Waals surface area contributed by atoms with Crippen molar-refractivity contribution in [3.05, 3.63) is 54.1 Å². The summed E-state index contributed by atoms with van der Waals surface area (Å²) in [5.74, 6) is 0.892. The second kappa shape index (κ2) is 8.24. The van der Waals surface area contributed by atoms with Gasteiger partial charge < -0.3 is 10.1 Å². The van der Waals surface area contributed by atoms with Gasteiger partial charge in [0.15, 0.2) is 6.10 Å². The number of hydrogen-bond donors (Lipinski definition) is 2. The molecule has 1 unspecified atom stereocenters. The first-order chi connectivity index (χ1) is 14.0. The second-order valence-corrected chi connectivity index (χ2v) is 8.86. The van der Waals surface area contributed by atoms with E-state index in [0.29, 0.717) is 36.7 Å². The zero-order valence-electron chi connectivity index (χ0n) is 15.9. The second-order valence-electron chi connectivity index (χ2n) is 7.18. The maximum atomic E-state index is 12.7. The number of fused-ring (bicyclic) bond motifs is 1. The fourth-order valence-electron chi connectivity index (χ4n) is 3.46. The van der Waals surface area contributed by atoms with Crippen LogP contribution in [0.1, 0.15) is 31.2 Å². The largest absolute Gasteiger partial charge is 0.480 e. The van der Waals surface area contributed by atoms with E-state index in [2.05, 4.69) is 15.0 Å². The maximum Gasteiger partial charge on any atom is 0.265 e. The Balaban J connectivity index is 1.44. The zero-order valence-corrected chi connectivity index (χ0v) is 16.7. The van der Waals surface area contributed by atoms with E-state index in [0.717, 1.165) is 24.8 Å². The lowest BCUT2D eigenvalue weighted by atomic mass is 10.1. The smallest absolute Gasteiger partial charge is 0.265 e. The van der Waals surface area contributed by atoms with Crippen LogP contribution >= 0.6 is 0 Å². The van der Waals surface area contributed by atoms with Crippen LogP contribution in [-0.2, 0) is 21.2 Å². The molecule has 2 heterocycles. The number of ether oxygens (including phenoxy) is 1. The van der Waals surface area contributed by atoms with Gasteiger partial charge in [0.25, 0.3) is 15.9 Å². The minimum atomic E-state index is -3.76. The maximum absolute atomic E-state index is 12.7. The number of amidine groups is 1. The fraction of sp³-hybridized carbons (Fsp3) is 0.333. The van der Waals surface area contributed by atoms with Crippen LogP contribution in [0.15, 0.2) is 58.4 Å². The van der Waals surface area contributed by atoms with E-state index in [4.69, 9.17) is 4.74 Å². The molecule has 4 rings (SSSR count). The molecule has 152 valence electrons. The van der Waals surface area contributed by atoms with Gasteiger partial charge in [0.1, 0.15) is 11.6 Å². The molecule has 8 heteroatoms. The summed E-state index contributed by atoms with van der Waals surface area (Å²) >= 11 is 0. The minimum absolute atomic E-state index is 0.0814. The first-order valence-corrected chi connectivity index (χ1v) is 11.2. The lowest BCUT2D eigenvalue weighted by Gasteiger charge is -2.13. The van der Waals surface area contributed by atoms with E-state index in [9.17, 15) is 13.2 Å². The van der Waals surface area contributed by atoms with Crippen LogP contribution in [0.3, 0.4) is 0 Å². The van der Waals surface area contributed by atoms with Crippen LogP contribution in [0.4, 0.5) is 5.69 Å². The average molecular weight is 413 g/mol. The number of nitrogens with zero attached hydrogens (tertiary/aromatic N) is 1. The molecule has 0 fully saturated rings. The molecule has 0 bridgehead atoms. The normalized spacial score (nSPS) is 18.8. The van der Waals surface area contributed by atoms with Gasteiger partial charge in [-0.1, -0.05) is 30.7 Å². The van der Waals surface area contributed by atoms with Gasteiger partial charge in [0.2, 0.25) is 0 Å². The highest BCUT2D eigenvalue weighted by Gasteiger charge is 2.29. The highest BCUT2D eigenvalue weighted by molar-refractivity contribution is 7.90. The summed E-state index contributed by atoms with van der Waals surface area (Å²) < 4.78 is 33.7. The molecule has 0 spiro atoms. The van der Waals surface area contributed by atoms with Gasteiger partial charge in [-0.05, 0) is 42.7 Å². The molecule has 2 N–H and O–H groups in total. The summed E-state index contributed by atoms with van der Waals surface area (Å²) in [6.07, 6.45) is 3.41. The summed E-state index contributed by atoms with van der Waals surface area (Å²) in [4.78, 5) is 17.0. The molecule has 2 aromatic rings. The monoisotopic (exact) mass is 413 g/mol. The molecular weight excluding hydrogens is 390 g/mol. The van der Waals surface area contributed by atoms with E-state index in [1.165, 1.54) is 12.1 Å². The lowest BCUT2D eigenvalue weighted by molar-refractivity contribution is -0.122. The number of anilines is 1. The third-order valence-corrected chi connectivity index (χ3v) is 6.36. The number of aliphatic imine (C=N–C) groups is 1. The molecule has 2 aliphatic heterocycles. The number of carbonyl (C=O) groups excluding carboxylic acids is 1. The molecular formula is C21H23N3O4S. The molecule has 0 aliphatic carbocycles. The molecule has 29 heavy (non-hydrogen) atoms. The number of sulfonamides is 1. The van der Waals surface area contributed by atoms with E-state index >= 15 is 0 Å². The average Bonchev–Trinajstić information content (AvgIpc) is 2.99. The van der Waals surface area contributed by atoms with E-state index in [1.807, 2.05) is 24.3 Å². The summed E-state index contributed by atoms with van der Waals surface area (Å²) in [6.45, 7) is 0.637. The summed E-state index contributed by atoms with van der Waals surface area (Å²) in [7, 11) is -3.76. The molecule has 2 aliphatic rings. The van der Waals surface area contributed by atoms with Crippen molar-refractivity contribution in [2.45, 2.75) is 43.1 Å². The van der Waals surface area contributed by atoms with Gasteiger partial charge >= 0.3 is 0 Å². The molecule has 1 atom stereocenters. The summed E-state index contributed by atoms with van der Waals surface area (Å²) in [6, 6.07) is 13.7. The number of amides is 1. The van der Waals surface area contributed by atoms with Crippen molar-refractivity contribution in [1.82, 2.24) is 4.72 Å². The number of para-hydroxylation sites is 1. The molecule has 7 nitrogen and oxygen atoms in total. The molecule has 0 radical (unpaired) electrons. The molecule has 0 aromatic heterocycles. The number of hydrogen-bond acceptors (Lipinski definition) is 5. The highest BCUT2D eigenvalue weighted by atomic mass is 32.2. The topological polar surface area (TPSA) is 96.9 Å². The van der Waals surface area contributed by atoms with Crippen molar-refractivity contribution in [1.29, 1.82) is 0 Å². The summed E-state index contributed by atoms with van der Waals surface area (Å²) in [5, 5.41) is 2.76. The molecule has 1 amide bonds. The SMILES string of the molecule is O=C(Nc1cccc(S(=O)(=O)NC2=NCCCCC2)c1)C1Cc2ccccc2O1. The molecule has 0 saturated heterocycles. The predicted octanol–water partition coefficient (Wildman–Crippen LogP) is 2.88. The van der Waals surface area contributed by atoms with Crippen LogP contribution in [0.5, 0.6) is 5.75 Å². The van der Waals surface area contributed by atoms with Crippen LogP contribution in [0, 0.1) is 0 Å². The van der Waals surface area contributed by atoms with Gasteiger partial charge in [0.05, 0.1) is 4.90 Å². The first-order valence-electron chi connectivity index (χ1n) is 9.73. The molecule has 2 aromatic carbocycles. The quantitative estimate of drug-likeness (QED) is 0.805. The Morgan fingerprint density at radius 2 is 1.93 bits per heavy atom. The van der Waals surface area contributed by atoms with Gasteiger partial charge in [0, 0.05) is 25.1 Å². The van der Waals surface area contributed by atoms with Gasteiger partial charge in [-0.3, -0.25) is 14.5 Å². The number of benzene rings is 2. The Hall–Kier alpha value is -2.87. The Kier molecular flexibility index (Phi) is 5.53. The van der Waals surface area contributed by atoms with Gasteiger partial charge in [-0.2, -0.15) is 0 Å². The van der Waals surface area contributed by atoms with Crippen LogP contribution in [0.25, 0.3) is 0 Å². The highest BCUT2D eigenvalue weighted by Crippen LogP contribution is 2.28. The van der Waals surface area contributed by atoms with Crippen LogP contribution in [0.2, 0.25) is 0 Å². The third-order valence-electron chi connectivity index (χ3n) is 4.98. The number of rotatable bonds is 4. The van der Waals surface area contributed by atoms with Crippen molar-refractivity contribution >= 4 is 27.5 Å². The Labute approximate surface area is 170 Å². The molecule has 0 saturated carbocycles. The van der Waals surface area contributed by atoms with Crippen molar-refractivity contribution in [3.63, 3.8) is 0 Å². The predicted molar refractivity (Wildman–Crippen MR) is 111 cm³/mol. The van der Waals surface area contributed by atoms with E-state index in [-0.39, 0.29) is 10.8 Å². The van der Waals surface area contributed by atoms with Crippen molar-refractivity contribution in [2.75, 3.05) is 11.9 Å². The number of nitrogens with one attached hydrogen (secondary N) is 2. The van der Waals surface area contributed by atoms with Gasteiger partial charge in [-0.15, -0.1) is 0 Å². The van der Waals surface area contributed by atoms with Crippen LogP contribution in [-0.4, -0.2) is 32.8 Å². The Morgan fingerprint density at radius 1 is 1.07 bits per heavy atom. The fourth-order valence-corrected chi connectivity index (χ4v) is 4.60. The van der Waals surface area contributed by atoms with E-state index < -0.39 is 16.1 Å². The van der Waals surface area contributed by atoms with E-state index in [1.54, 1.807) is 12.1 Å². The van der Waals surface area contributed by atoms with Gasteiger partial charge in [-0.25, -0.2) is 8.42 Å². The summed E-state index contributed by atoms with van der Waals surface area (Å²) in [5.41, 5.74) is 1.39. The number of carbonyl (C=O) groups is 1. The van der Waals surface area contributed by atoms with Crippen molar-refractivity contribution < 1.29 is 17.9 Å². The van der Waals surface area contributed by atoms with Crippen molar-refractivity contribution in [2.24, 2.45) is 4.99 Å². The minimum Gasteiger partial charge on any atom is -0.480 e. The third kappa shape index (κ3) is 4.59. The first kappa shape index (κ1) is 19.4. The lowest BCUT2D eigenvalue weighted by Crippen LogP contribution is -2.32. The Morgan fingerprint density at radius 3 is 2.79 bits per heavy atom. The Bertz CT molecular complexity index is 1020. The van der Waals surface area contributed by atoms with Crippen molar-refractivity contribution in [3.8, 4) is 5.75 Å². The standard InChI is InChI=1S/C21H23N3O4S/c25-21(19-13-15-7-3-4-10-18(15)28-19)23-16-8-6-9-17(14-16)29(26,27)24-20-11-2-1-5-12-22-20/h3-4,6-10,14,19H,1-2,5,11-13H2,(H,22,24)(H,23,25). The van der Waals surface area contributed by atoms with Crippen LogP contribution < -0.4 is 14.8 Å².